The summed E-state index contributed by atoms with van der Waals surface area (Å²) in [6, 6.07) is 6.77. The molecule has 0 aromatic heterocycles. The number of benzene rings is 1. The number of halogens is 1. The van der Waals surface area contributed by atoms with Crippen LogP contribution in [-0.4, -0.2) is 37.0 Å². The van der Waals surface area contributed by atoms with Gasteiger partial charge in [-0.05, 0) is 25.1 Å². The van der Waals surface area contributed by atoms with E-state index < -0.39 is 0 Å². The Labute approximate surface area is 118 Å². The molecule has 0 heterocycles. The van der Waals surface area contributed by atoms with E-state index >= 15 is 0 Å². The van der Waals surface area contributed by atoms with Gasteiger partial charge in [0.2, 0.25) is 0 Å². The summed E-state index contributed by atoms with van der Waals surface area (Å²) < 4.78 is 4.66. The fourth-order valence-electron chi connectivity index (χ4n) is 1.77. The number of carbonyl (C=O) groups is 2. The Kier molecular flexibility index (Phi) is 5.83. The third kappa shape index (κ3) is 4.24. The molecule has 1 atom stereocenters. The first kappa shape index (κ1) is 15.5. The Morgan fingerprint density at radius 1 is 1.42 bits per heavy atom. The van der Waals surface area contributed by atoms with Crippen LogP contribution < -0.4 is 0 Å². The fraction of sp³-hybridized carbons (Fsp3) is 0.429. The van der Waals surface area contributed by atoms with Crippen LogP contribution in [0, 0.1) is 5.92 Å². The van der Waals surface area contributed by atoms with E-state index in [2.05, 4.69) is 4.74 Å². The van der Waals surface area contributed by atoms with Crippen LogP contribution in [0.4, 0.5) is 0 Å². The molecule has 0 aliphatic rings. The summed E-state index contributed by atoms with van der Waals surface area (Å²) in [4.78, 5) is 25.3. The summed E-state index contributed by atoms with van der Waals surface area (Å²) in [5.41, 5.74) is 0.520. The number of ether oxygens (including phenoxy) is 1. The minimum Gasteiger partial charge on any atom is -0.469 e. The first-order chi connectivity index (χ1) is 8.99. The van der Waals surface area contributed by atoms with Gasteiger partial charge in [-0.25, -0.2) is 0 Å². The molecule has 1 aromatic rings. The lowest BCUT2D eigenvalue weighted by Gasteiger charge is -2.23. The average Bonchev–Trinajstić information content (AvgIpc) is 2.42. The Bertz CT molecular complexity index is 462. The molecular weight excluding hydrogens is 266 g/mol. The molecule has 104 valence electrons. The third-order valence-corrected chi connectivity index (χ3v) is 3.07. The molecule has 19 heavy (non-hydrogen) atoms. The van der Waals surface area contributed by atoms with E-state index in [1.165, 1.54) is 7.11 Å². The molecule has 0 aliphatic carbocycles. The highest BCUT2D eigenvalue weighted by molar-refractivity contribution is 6.30. The normalized spacial score (nSPS) is 11.8. The predicted molar refractivity (Wildman–Crippen MR) is 74.2 cm³/mol. The summed E-state index contributed by atoms with van der Waals surface area (Å²) in [5.74, 6) is -0.814. The molecule has 0 bridgehead atoms. The van der Waals surface area contributed by atoms with Gasteiger partial charge in [-0.2, -0.15) is 0 Å². The Balaban J connectivity index is 2.80. The number of hydrogen-bond donors (Lipinski definition) is 0. The van der Waals surface area contributed by atoms with Crippen molar-refractivity contribution in [3.05, 3.63) is 34.9 Å². The number of nitrogens with zero attached hydrogens (tertiary/aromatic N) is 1. The molecule has 1 aromatic carbocycles. The van der Waals surface area contributed by atoms with E-state index in [0.717, 1.165) is 0 Å². The number of amides is 1. The molecule has 0 radical (unpaired) electrons. The van der Waals surface area contributed by atoms with Crippen LogP contribution in [0.5, 0.6) is 0 Å². The van der Waals surface area contributed by atoms with Gasteiger partial charge in [0.15, 0.2) is 0 Å². The number of rotatable bonds is 5. The Morgan fingerprint density at radius 2 is 2.11 bits per heavy atom. The van der Waals surface area contributed by atoms with Crippen LogP contribution >= 0.6 is 11.6 Å². The third-order valence-electron chi connectivity index (χ3n) is 2.84. The van der Waals surface area contributed by atoms with Gasteiger partial charge in [0.25, 0.3) is 5.91 Å². The van der Waals surface area contributed by atoms with Crippen molar-refractivity contribution in [1.29, 1.82) is 0 Å². The highest BCUT2D eigenvalue weighted by Gasteiger charge is 2.21. The minimum absolute atomic E-state index is 0.138. The van der Waals surface area contributed by atoms with Crippen molar-refractivity contribution in [2.45, 2.75) is 13.8 Å². The molecule has 0 N–H and O–H groups in total. The average molecular weight is 284 g/mol. The molecule has 1 unspecified atom stereocenters. The molecular formula is C14H18ClNO3. The van der Waals surface area contributed by atoms with Crippen LogP contribution in [0.2, 0.25) is 5.02 Å². The molecule has 1 amide bonds. The lowest BCUT2D eigenvalue weighted by molar-refractivity contribution is -0.145. The smallest absolute Gasteiger partial charge is 0.310 e. The van der Waals surface area contributed by atoms with Gasteiger partial charge < -0.3 is 9.64 Å². The topological polar surface area (TPSA) is 46.6 Å². The van der Waals surface area contributed by atoms with Crippen molar-refractivity contribution in [3.63, 3.8) is 0 Å². The van der Waals surface area contributed by atoms with Crippen molar-refractivity contribution in [3.8, 4) is 0 Å². The van der Waals surface area contributed by atoms with Crippen LogP contribution in [0.15, 0.2) is 24.3 Å². The molecule has 0 saturated heterocycles. The van der Waals surface area contributed by atoms with Gasteiger partial charge in [0.1, 0.15) is 0 Å². The van der Waals surface area contributed by atoms with Gasteiger partial charge in [0, 0.05) is 23.7 Å². The predicted octanol–water partition coefficient (Wildman–Crippen LogP) is 2.61. The summed E-state index contributed by atoms with van der Waals surface area (Å²) in [6.07, 6.45) is 0. The Morgan fingerprint density at radius 3 is 2.63 bits per heavy atom. The standard InChI is InChI=1S/C14H18ClNO3/c1-4-16(9-10(2)14(18)19-3)13(17)11-6-5-7-12(15)8-11/h5-8,10H,4,9H2,1-3H3. The monoisotopic (exact) mass is 283 g/mol. The van der Waals surface area contributed by atoms with Gasteiger partial charge >= 0.3 is 5.97 Å². The molecule has 4 nitrogen and oxygen atoms in total. The van der Waals surface area contributed by atoms with E-state index in [4.69, 9.17) is 11.6 Å². The molecule has 0 saturated carbocycles. The van der Waals surface area contributed by atoms with Gasteiger partial charge in [0.05, 0.1) is 13.0 Å². The SMILES string of the molecule is CCN(CC(C)C(=O)OC)C(=O)c1cccc(Cl)c1. The maximum atomic E-state index is 12.3. The van der Waals surface area contributed by atoms with Crippen molar-refractivity contribution < 1.29 is 14.3 Å². The molecule has 0 fully saturated rings. The largest absolute Gasteiger partial charge is 0.469 e. The van der Waals surface area contributed by atoms with E-state index in [-0.39, 0.29) is 17.8 Å². The minimum atomic E-state index is -0.354. The zero-order valence-corrected chi connectivity index (χ0v) is 12.1. The zero-order chi connectivity index (χ0) is 14.4. The lowest BCUT2D eigenvalue weighted by atomic mass is 10.1. The first-order valence-electron chi connectivity index (χ1n) is 6.12. The van der Waals surface area contributed by atoms with Crippen LogP contribution in [0.3, 0.4) is 0 Å². The Hall–Kier alpha value is -1.55. The lowest BCUT2D eigenvalue weighted by Crippen LogP contribution is -2.37. The second kappa shape index (κ2) is 7.14. The van der Waals surface area contributed by atoms with Crippen LogP contribution in [-0.2, 0) is 9.53 Å². The van der Waals surface area contributed by atoms with Crippen molar-refractivity contribution in [2.24, 2.45) is 5.92 Å². The first-order valence-corrected chi connectivity index (χ1v) is 6.50. The molecule has 1 rings (SSSR count). The quantitative estimate of drug-likeness (QED) is 0.781. The summed E-state index contributed by atoms with van der Waals surface area (Å²) in [6.45, 7) is 4.45. The van der Waals surface area contributed by atoms with Crippen molar-refractivity contribution in [1.82, 2.24) is 4.90 Å². The second-order valence-corrected chi connectivity index (χ2v) is 4.71. The summed E-state index contributed by atoms with van der Waals surface area (Å²) >= 11 is 5.87. The number of carbonyl (C=O) groups excluding carboxylic acids is 2. The molecule has 0 spiro atoms. The van der Waals surface area contributed by atoms with E-state index in [1.54, 1.807) is 36.1 Å². The maximum absolute atomic E-state index is 12.3. The van der Waals surface area contributed by atoms with Crippen LogP contribution in [0.25, 0.3) is 0 Å². The second-order valence-electron chi connectivity index (χ2n) is 4.28. The van der Waals surface area contributed by atoms with Gasteiger partial charge in [-0.3, -0.25) is 9.59 Å². The molecule has 0 aliphatic heterocycles. The van der Waals surface area contributed by atoms with Crippen LogP contribution in [0.1, 0.15) is 24.2 Å². The number of methoxy groups -OCH3 is 1. The number of esters is 1. The van der Waals surface area contributed by atoms with Gasteiger partial charge in [-0.1, -0.05) is 24.6 Å². The highest BCUT2D eigenvalue weighted by atomic mass is 35.5. The van der Waals surface area contributed by atoms with Crippen molar-refractivity contribution >= 4 is 23.5 Å². The summed E-state index contributed by atoms with van der Waals surface area (Å²) in [7, 11) is 1.34. The number of hydrogen-bond acceptors (Lipinski definition) is 3. The van der Waals surface area contributed by atoms with Crippen molar-refractivity contribution in [2.75, 3.05) is 20.2 Å². The maximum Gasteiger partial charge on any atom is 0.310 e. The van der Waals surface area contributed by atoms with Gasteiger partial charge in [-0.15, -0.1) is 0 Å². The van der Waals surface area contributed by atoms with E-state index in [1.807, 2.05) is 6.92 Å². The highest BCUT2D eigenvalue weighted by Crippen LogP contribution is 2.14. The van der Waals surface area contributed by atoms with E-state index in [0.29, 0.717) is 23.7 Å². The zero-order valence-electron chi connectivity index (χ0n) is 11.4. The van der Waals surface area contributed by atoms with E-state index in [9.17, 15) is 9.59 Å². The summed E-state index contributed by atoms with van der Waals surface area (Å²) in [5, 5.41) is 0.517. The fourth-order valence-corrected chi connectivity index (χ4v) is 1.96. The molecule has 5 heteroatoms.